The van der Waals surface area contributed by atoms with Crippen LogP contribution in [0.25, 0.3) is 10.9 Å². The quantitative estimate of drug-likeness (QED) is 0.651. The van der Waals surface area contributed by atoms with Crippen molar-refractivity contribution in [1.29, 1.82) is 0 Å². The van der Waals surface area contributed by atoms with E-state index in [0.29, 0.717) is 19.7 Å². The molecule has 6 nitrogen and oxygen atoms in total. The molecule has 0 radical (unpaired) electrons. The first-order chi connectivity index (χ1) is 14.6. The van der Waals surface area contributed by atoms with E-state index in [0.717, 1.165) is 46.3 Å². The fourth-order valence-corrected chi connectivity index (χ4v) is 4.17. The minimum absolute atomic E-state index is 0.104. The fraction of sp³-hybridized carbons (Fsp3) is 0.333. The summed E-state index contributed by atoms with van der Waals surface area (Å²) in [5.41, 5.74) is 5.21. The smallest absolute Gasteiger partial charge is 0.325 e. The van der Waals surface area contributed by atoms with Crippen molar-refractivity contribution in [3.8, 4) is 0 Å². The van der Waals surface area contributed by atoms with Gasteiger partial charge in [-0.3, -0.25) is 4.79 Å². The molecular formula is C24H27N3O3. The third kappa shape index (κ3) is 4.03. The van der Waals surface area contributed by atoms with E-state index in [9.17, 15) is 9.59 Å². The summed E-state index contributed by atoms with van der Waals surface area (Å²) in [6.45, 7) is 5.62. The molecular weight excluding hydrogens is 378 g/mol. The van der Waals surface area contributed by atoms with Gasteiger partial charge >= 0.3 is 12.0 Å². The van der Waals surface area contributed by atoms with Crippen LogP contribution in [-0.2, 0) is 29.0 Å². The third-order valence-electron chi connectivity index (χ3n) is 5.54. The fourth-order valence-electron chi connectivity index (χ4n) is 4.17. The highest BCUT2D eigenvalue weighted by Gasteiger charge is 2.26. The predicted molar refractivity (Wildman–Crippen MR) is 117 cm³/mol. The van der Waals surface area contributed by atoms with Gasteiger partial charge in [0.15, 0.2) is 0 Å². The number of aryl methyl sites for hydroxylation is 1. The van der Waals surface area contributed by atoms with Gasteiger partial charge in [-0.15, -0.1) is 0 Å². The largest absolute Gasteiger partial charge is 0.465 e. The molecule has 0 spiro atoms. The molecule has 1 aliphatic heterocycles. The van der Waals surface area contributed by atoms with E-state index in [1.807, 2.05) is 42.2 Å². The van der Waals surface area contributed by atoms with Crippen molar-refractivity contribution in [3.63, 3.8) is 0 Å². The van der Waals surface area contributed by atoms with Crippen molar-refractivity contribution in [2.24, 2.45) is 0 Å². The molecule has 2 aromatic carbocycles. The van der Waals surface area contributed by atoms with Gasteiger partial charge in [-0.05, 0) is 51.0 Å². The maximum Gasteiger partial charge on any atom is 0.325 e. The average molecular weight is 405 g/mol. The number of esters is 1. The molecule has 1 aliphatic rings. The summed E-state index contributed by atoms with van der Waals surface area (Å²) < 4.78 is 7.27. The lowest BCUT2D eigenvalue weighted by molar-refractivity contribution is -0.143. The number of carbonyl (C=O) groups is 2. The van der Waals surface area contributed by atoms with Crippen LogP contribution in [0.5, 0.6) is 0 Å². The molecule has 0 saturated heterocycles. The number of nitrogens with one attached hydrogen (secondary N) is 1. The molecule has 156 valence electrons. The number of ether oxygens (including phenoxy) is 1. The Morgan fingerprint density at radius 3 is 2.70 bits per heavy atom. The number of fused-ring (bicyclic) bond motifs is 3. The van der Waals surface area contributed by atoms with Crippen molar-refractivity contribution in [2.45, 2.75) is 39.8 Å². The third-order valence-corrected chi connectivity index (χ3v) is 5.54. The number of hydrogen-bond acceptors (Lipinski definition) is 3. The van der Waals surface area contributed by atoms with Gasteiger partial charge in [0.05, 0.1) is 6.61 Å². The molecule has 1 N–H and O–H groups in total. The van der Waals surface area contributed by atoms with Crippen LogP contribution in [0.2, 0.25) is 0 Å². The second-order valence-electron chi connectivity index (χ2n) is 7.66. The van der Waals surface area contributed by atoms with Gasteiger partial charge in [0.1, 0.15) is 6.54 Å². The topological polar surface area (TPSA) is 63.6 Å². The molecule has 0 aliphatic carbocycles. The van der Waals surface area contributed by atoms with Crippen LogP contribution < -0.4 is 5.32 Å². The standard InChI is InChI=1S/C24H27N3O3/c1-3-30-23(28)16-27-21-10-7-13-26(24(29)25-18-8-5-4-6-9-18)15-20(21)19-14-17(2)11-12-22(19)27/h4-6,8-9,11-12,14H,3,7,10,13,15-16H2,1-2H3,(H,25,29). The van der Waals surface area contributed by atoms with Gasteiger partial charge in [0.25, 0.3) is 0 Å². The average Bonchev–Trinajstić information content (AvgIpc) is 2.88. The molecule has 4 rings (SSSR count). The Kier molecular flexibility index (Phi) is 5.74. The summed E-state index contributed by atoms with van der Waals surface area (Å²) in [6.07, 6.45) is 1.66. The summed E-state index contributed by atoms with van der Waals surface area (Å²) in [6, 6.07) is 15.7. The van der Waals surface area contributed by atoms with Gasteiger partial charge < -0.3 is 19.5 Å². The lowest BCUT2D eigenvalue weighted by Gasteiger charge is -2.21. The Bertz CT molecular complexity index is 1070. The molecule has 0 atom stereocenters. The Morgan fingerprint density at radius 1 is 1.13 bits per heavy atom. The van der Waals surface area contributed by atoms with Gasteiger partial charge in [-0.1, -0.05) is 29.8 Å². The maximum atomic E-state index is 12.9. The van der Waals surface area contributed by atoms with Gasteiger partial charge in [0.2, 0.25) is 0 Å². The first-order valence-corrected chi connectivity index (χ1v) is 10.4. The zero-order chi connectivity index (χ0) is 21.1. The van der Waals surface area contributed by atoms with Gasteiger partial charge in [-0.25, -0.2) is 4.79 Å². The second kappa shape index (κ2) is 8.61. The summed E-state index contributed by atoms with van der Waals surface area (Å²) in [7, 11) is 0. The zero-order valence-electron chi connectivity index (χ0n) is 17.5. The van der Waals surface area contributed by atoms with E-state index in [1.165, 1.54) is 0 Å². The summed E-state index contributed by atoms with van der Waals surface area (Å²) in [5, 5.41) is 4.10. The lowest BCUT2D eigenvalue weighted by Crippen LogP contribution is -2.34. The molecule has 0 unspecified atom stereocenters. The first-order valence-electron chi connectivity index (χ1n) is 10.4. The number of aromatic nitrogens is 1. The number of benzene rings is 2. The van der Waals surface area contributed by atoms with Crippen LogP contribution in [0.1, 0.15) is 30.2 Å². The van der Waals surface area contributed by atoms with Gasteiger partial charge in [-0.2, -0.15) is 0 Å². The highest BCUT2D eigenvalue weighted by molar-refractivity contribution is 5.91. The van der Waals surface area contributed by atoms with Crippen LogP contribution in [0.3, 0.4) is 0 Å². The monoisotopic (exact) mass is 405 g/mol. The number of urea groups is 1. The molecule has 0 fully saturated rings. The van der Waals surface area contributed by atoms with Crippen LogP contribution in [0.4, 0.5) is 10.5 Å². The molecule has 6 heteroatoms. The Balaban J connectivity index is 1.68. The lowest BCUT2D eigenvalue weighted by atomic mass is 10.1. The summed E-state index contributed by atoms with van der Waals surface area (Å²) in [4.78, 5) is 27.0. The Labute approximate surface area is 176 Å². The van der Waals surface area contributed by atoms with Crippen LogP contribution >= 0.6 is 0 Å². The Morgan fingerprint density at radius 2 is 1.93 bits per heavy atom. The molecule has 3 aromatic rings. The van der Waals surface area contributed by atoms with Crippen molar-refractivity contribution in [3.05, 3.63) is 65.4 Å². The molecule has 0 bridgehead atoms. The molecule has 30 heavy (non-hydrogen) atoms. The number of hydrogen-bond donors (Lipinski definition) is 1. The normalized spacial score (nSPS) is 13.6. The summed E-state index contributed by atoms with van der Waals surface area (Å²) >= 11 is 0. The van der Waals surface area contributed by atoms with Crippen molar-refractivity contribution >= 4 is 28.6 Å². The Hall–Kier alpha value is -3.28. The van der Waals surface area contributed by atoms with Crippen LogP contribution in [0.15, 0.2) is 48.5 Å². The van der Waals surface area contributed by atoms with Crippen molar-refractivity contribution in [1.82, 2.24) is 9.47 Å². The van der Waals surface area contributed by atoms with E-state index in [2.05, 4.69) is 35.0 Å². The van der Waals surface area contributed by atoms with E-state index in [-0.39, 0.29) is 18.5 Å². The molecule has 2 heterocycles. The van der Waals surface area contributed by atoms with E-state index >= 15 is 0 Å². The first kappa shape index (κ1) is 20.0. The molecule has 0 saturated carbocycles. The second-order valence-corrected chi connectivity index (χ2v) is 7.66. The minimum Gasteiger partial charge on any atom is -0.465 e. The summed E-state index contributed by atoms with van der Waals surface area (Å²) in [5.74, 6) is -0.235. The number of anilines is 1. The number of amides is 2. The minimum atomic E-state index is -0.235. The number of carbonyl (C=O) groups excluding carboxylic acids is 2. The van der Waals surface area contributed by atoms with E-state index in [4.69, 9.17) is 4.74 Å². The van der Waals surface area contributed by atoms with Crippen molar-refractivity contribution in [2.75, 3.05) is 18.5 Å². The van der Waals surface area contributed by atoms with E-state index in [1.54, 1.807) is 0 Å². The molecule has 2 amide bonds. The highest BCUT2D eigenvalue weighted by atomic mass is 16.5. The SMILES string of the molecule is CCOC(=O)Cn1c2c(c3cc(C)ccc31)CN(C(=O)Nc1ccccc1)CCC2. The van der Waals surface area contributed by atoms with Crippen molar-refractivity contribution < 1.29 is 14.3 Å². The van der Waals surface area contributed by atoms with Gasteiger partial charge in [0, 0.05) is 40.9 Å². The number of rotatable bonds is 4. The van der Waals surface area contributed by atoms with Crippen LogP contribution in [-0.4, -0.2) is 34.6 Å². The molecule has 1 aromatic heterocycles. The van der Waals surface area contributed by atoms with Crippen LogP contribution in [0, 0.1) is 6.92 Å². The maximum absolute atomic E-state index is 12.9. The zero-order valence-corrected chi connectivity index (χ0v) is 17.5. The predicted octanol–water partition coefficient (Wildman–Crippen LogP) is 4.49. The van der Waals surface area contributed by atoms with E-state index < -0.39 is 0 Å². The number of nitrogens with zero attached hydrogens (tertiary/aromatic N) is 2. The highest BCUT2D eigenvalue weighted by Crippen LogP contribution is 2.31. The number of para-hydroxylation sites is 1.